The van der Waals surface area contributed by atoms with Crippen LogP contribution in [-0.4, -0.2) is 54.1 Å². The van der Waals surface area contributed by atoms with Crippen LogP contribution in [0.3, 0.4) is 0 Å². The van der Waals surface area contributed by atoms with Crippen molar-refractivity contribution in [1.29, 1.82) is 0 Å². The number of halogens is 1. The Morgan fingerprint density at radius 3 is 2.89 bits per heavy atom. The minimum Gasteiger partial charge on any atom is -0.383 e. The number of aromatic nitrogens is 2. The summed E-state index contributed by atoms with van der Waals surface area (Å²) in [5.74, 6) is 0. The van der Waals surface area contributed by atoms with Crippen molar-refractivity contribution < 1.29 is 4.74 Å². The van der Waals surface area contributed by atoms with Crippen molar-refractivity contribution in [2.45, 2.75) is 45.8 Å². The van der Waals surface area contributed by atoms with E-state index in [1.807, 2.05) is 18.2 Å². The summed E-state index contributed by atoms with van der Waals surface area (Å²) in [6, 6.07) is 8.58. The molecule has 0 spiro atoms. The summed E-state index contributed by atoms with van der Waals surface area (Å²) in [5.41, 5.74) is 4.70. The Morgan fingerprint density at radius 2 is 2.11 bits per heavy atom. The molecule has 0 aliphatic carbocycles. The van der Waals surface area contributed by atoms with Crippen LogP contribution in [0.15, 0.2) is 24.3 Å². The lowest BCUT2D eigenvalue weighted by Gasteiger charge is -2.24. The van der Waals surface area contributed by atoms with Crippen LogP contribution in [0.1, 0.15) is 35.4 Å². The maximum atomic E-state index is 6.31. The molecule has 2 heterocycles. The molecule has 1 N–H and O–H groups in total. The van der Waals surface area contributed by atoms with E-state index < -0.39 is 0 Å². The molecular formula is C21H31ClN4O. The lowest BCUT2D eigenvalue weighted by atomic mass is 10.1. The van der Waals surface area contributed by atoms with Gasteiger partial charge in [0.15, 0.2) is 0 Å². The van der Waals surface area contributed by atoms with Crippen molar-refractivity contribution in [2.75, 3.05) is 33.4 Å². The molecular weight excluding hydrogens is 360 g/mol. The van der Waals surface area contributed by atoms with Crippen LogP contribution < -0.4 is 5.32 Å². The first-order valence-electron chi connectivity index (χ1n) is 9.80. The average Bonchev–Trinajstić information content (AvgIpc) is 3.21. The van der Waals surface area contributed by atoms with Crippen LogP contribution in [0.5, 0.6) is 0 Å². The fourth-order valence-corrected chi connectivity index (χ4v) is 4.12. The van der Waals surface area contributed by atoms with Gasteiger partial charge < -0.3 is 10.1 Å². The highest BCUT2D eigenvalue weighted by Gasteiger charge is 2.23. The Kier molecular flexibility index (Phi) is 7.30. The van der Waals surface area contributed by atoms with E-state index in [4.69, 9.17) is 21.4 Å². The molecule has 6 heteroatoms. The van der Waals surface area contributed by atoms with Crippen LogP contribution >= 0.6 is 11.6 Å². The second-order valence-corrected chi connectivity index (χ2v) is 7.76. The topological polar surface area (TPSA) is 42.3 Å². The van der Waals surface area contributed by atoms with Gasteiger partial charge in [-0.05, 0) is 44.9 Å². The van der Waals surface area contributed by atoms with Crippen LogP contribution in [0, 0.1) is 13.8 Å². The molecule has 1 saturated heterocycles. The number of rotatable bonds is 9. The Bertz CT molecular complexity index is 746. The van der Waals surface area contributed by atoms with E-state index >= 15 is 0 Å². The molecule has 1 atom stereocenters. The van der Waals surface area contributed by atoms with E-state index in [2.05, 4.69) is 34.8 Å². The standard InChI is InChI=1S/C21H31ClN4O/c1-16-20(14-23-13-19-8-6-10-25(19)11-12-27-3)17(2)26(24-16)15-18-7-4-5-9-21(18)22/h4-5,7,9,19,23H,6,8,10-15H2,1-3H3. The molecule has 148 valence electrons. The monoisotopic (exact) mass is 390 g/mol. The minimum atomic E-state index is 0.610. The first-order valence-corrected chi connectivity index (χ1v) is 10.2. The van der Waals surface area contributed by atoms with Crippen LogP contribution in [0.4, 0.5) is 0 Å². The van der Waals surface area contributed by atoms with Gasteiger partial charge in [-0.2, -0.15) is 5.10 Å². The van der Waals surface area contributed by atoms with Crippen molar-refractivity contribution in [3.63, 3.8) is 0 Å². The first-order chi connectivity index (χ1) is 13.1. The lowest BCUT2D eigenvalue weighted by Crippen LogP contribution is -2.39. The highest BCUT2D eigenvalue weighted by Crippen LogP contribution is 2.20. The van der Waals surface area contributed by atoms with E-state index in [1.165, 1.54) is 30.6 Å². The number of benzene rings is 1. The molecule has 0 radical (unpaired) electrons. The van der Waals surface area contributed by atoms with Gasteiger partial charge in [0.25, 0.3) is 0 Å². The zero-order chi connectivity index (χ0) is 19.2. The van der Waals surface area contributed by atoms with Crippen molar-refractivity contribution in [2.24, 2.45) is 0 Å². The van der Waals surface area contributed by atoms with E-state index in [1.54, 1.807) is 7.11 Å². The predicted octanol–water partition coefficient (Wildman–Crippen LogP) is 3.40. The second-order valence-electron chi connectivity index (χ2n) is 7.35. The van der Waals surface area contributed by atoms with Gasteiger partial charge in [0.05, 0.1) is 18.8 Å². The van der Waals surface area contributed by atoms with E-state index in [0.29, 0.717) is 12.6 Å². The molecule has 1 aromatic carbocycles. The molecule has 3 rings (SSSR count). The van der Waals surface area contributed by atoms with Gasteiger partial charge in [-0.3, -0.25) is 9.58 Å². The number of aryl methyl sites for hydroxylation is 1. The highest BCUT2D eigenvalue weighted by atomic mass is 35.5. The van der Waals surface area contributed by atoms with Gasteiger partial charge in [0.2, 0.25) is 0 Å². The van der Waals surface area contributed by atoms with Crippen molar-refractivity contribution in [1.82, 2.24) is 20.0 Å². The van der Waals surface area contributed by atoms with E-state index in [0.717, 1.165) is 42.5 Å². The van der Waals surface area contributed by atoms with Crippen molar-refractivity contribution >= 4 is 11.6 Å². The second kappa shape index (κ2) is 9.69. The number of nitrogens with one attached hydrogen (secondary N) is 1. The fraction of sp³-hybridized carbons (Fsp3) is 0.571. The number of nitrogens with zero attached hydrogens (tertiary/aromatic N) is 3. The lowest BCUT2D eigenvalue weighted by molar-refractivity contribution is 0.140. The summed E-state index contributed by atoms with van der Waals surface area (Å²) in [7, 11) is 1.77. The molecule has 1 unspecified atom stereocenters. The summed E-state index contributed by atoms with van der Waals surface area (Å²) >= 11 is 6.31. The minimum absolute atomic E-state index is 0.610. The largest absolute Gasteiger partial charge is 0.383 e. The van der Waals surface area contributed by atoms with Gasteiger partial charge in [-0.25, -0.2) is 0 Å². The quantitative estimate of drug-likeness (QED) is 0.712. The zero-order valence-electron chi connectivity index (χ0n) is 16.7. The maximum absolute atomic E-state index is 6.31. The zero-order valence-corrected chi connectivity index (χ0v) is 17.4. The molecule has 1 aliphatic rings. The smallest absolute Gasteiger partial charge is 0.0677 e. The normalized spacial score (nSPS) is 17.7. The molecule has 0 bridgehead atoms. The van der Waals surface area contributed by atoms with Crippen LogP contribution in [0.2, 0.25) is 5.02 Å². The molecule has 2 aromatic rings. The van der Waals surface area contributed by atoms with Gasteiger partial charge in [-0.1, -0.05) is 29.8 Å². The summed E-state index contributed by atoms with van der Waals surface area (Å²) in [4.78, 5) is 2.54. The summed E-state index contributed by atoms with van der Waals surface area (Å²) in [6.45, 7) is 9.83. The Balaban J connectivity index is 1.58. The van der Waals surface area contributed by atoms with Crippen LogP contribution in [0.25, 0.3) is 0 Å². The third kappa shape index (κ3) is 5.11. The summed E-state index contributed by atoms with van der Waals surface area (Å²) in [5, 5.41) is 9.20. The first kappa shape index (κ1) is 20.3. The Hall–Kier alpha value is -1.40. The third-order valence-corrected chi connectivity index (χ3v) is 5.94. The van der Waals surface area contributed by atoms with Crippen LogP contribution in [-0.2, 0) is 17.8 Å². The third-order valence-electron chi connectivity index (χ3n) is 5.57. The Morgan fingerprint density at radius 1 is 1.30 bits per heavy atom. The number of hydrogen-bond acceptors (Lipinski definition) is 4. The number of hydrogen-bond donors (Lipinski definition) is 1. The van der Waals surface area contributed by atoms with E-state index in [-0.39, 0.29) is 0 Å². The van der Waals surface area contributed by atoms with E-state index in [9.17, 15) is 0 Å². The highest BCUT2D eigenvalue weighted by molar-refractivity contribution is 6.31. The average molecular weight is 391 g/mol. The number of methoxy groups -OCH3 is 1. The molecule has 1 fully saturated rings. The maximum Gasteiger partial charge on any atom is 0.0677 e. The molecule has 1 aliphatic heterocycles. The number of likely N-dealkylation sites (tertiary alicyclic amines) is 1. The van der Waals surface area contributed by atoms with Crippen molar-refractivity contribution in [3.05, 3.63) is 51.8 Å². The summed E-state index contributed by atoms with van der Waals surface area (Å²) < 4.78 is 7.30. The predicted molar refractivity (Wildman–Crippen MR) is 110 cm³/mol. The van der Waals surface area contributed by atoms with Gasteiger partial charge in [0.1, 0.15) is 0 Å². The molecule has 27 heavy (non-hydrogen) atoms. The summed E-state index contributed by atoms with van der Waals surface area (Å²) in [6.07, 6.45) is 2.55. The van der Waals surface area contributed by atoms with Crippen molar-refractivity contribution in [3.8, 4) is 0 Å². The van der Waals surface area contributed by atoms with Gasteiger partial charge in [-0.15, -0.1) is 0 Å². The number of ether oxygens (including phenoxy) is 1. The molecule has 1 aromatic heterocycles. The SMILES string of the molecule is COCCN1CCCC1CNCc1c(C)nn(Cc2ccccc2Cl)c1C. The van der Waals surface area contributed by atoms with Gasteiger partial charge >= 0.3 is 0 Å². The van der Waals surface area contributed by atoms with Gasteiger partial charge in [0, 0.05) is 49.1 Å². The fourth-order valence-electron chi connectivity index (χ4n) is 3.92. The molecule has 5 nitrogen and oxygen atoms in total. The molecule has 0 saturated carbocycles. The molecule has 0 amide bonds. The Labute approximate surface area is 167 Å².